The summed E-state index contributed by atoms with van der Waals surface area (Å²) in [5.41, 5.74) is 4.54. The van der Waals surface area contributed by atoms with Crippen molar-refractivity contribution in [1.29, 1.82) is 0 Å². The van der Waals surface area contributed by atoms with E-state index in [2.05, 4.69) is 25.4 Å². The van der Waals surface area contributed by atoms with Crippen LogP contribution in [0.3, 0.4) is 0 Å². The first kappa shape index (κ1) is 20.6. The summed E-state index contributed by atoms with van der Waals surface area (Å²) in [5, 5.41) is 6.55. The van der Waals surface area contributed by atoms with Gasteiger partial charge in [-0.2, -0.15) is 27.9 Å². The van der Waals surface area contributed by atoms with Crippen molar-refractivity contribution in [1.82, 2.24) is 24.7 Å². The van der Waals surface area contributed by atoms with Crippen molar-refractivity contribution in [3.05, 3.63) is 58.8 Å². The number of amides is 1. The molecule has 1 aromatic carbocycles. The first-order chi connectivity index (χ1) is 14.6. The highest BCUT2D eigenvalue weighted by Gasteiger charge is 2.34. The minimum Gasteiger partial charge on any atom is -0.423 e. The number of rotatable bonds is 5. The Hall–Kier alpha value is -3.67. The van der Waals surface area contributed by atoms with Crippen LogP contribution in [0.5, 0.6) is 0 Å². The fourth-order valence-electron chi connectivity index (χ4n) is 2.86. The van der Waals surface area contributed by atoms with Crippen molar-refractivity contribution in [3.8, 4) is 5.82 Å². The number of benzene rings is 1. The number of anilines is 1. The highest BCUT2D eigenvalue weighted by Crippen LogP contribution is 2.37. The zero-order valence-corrected chi connectivity index (χ0v) is 16.4. The SMILES string of the molecule is C[C@H](Nc1nc2cc(C(F)(F)F)c(Cl)cc2o1)c1ncnn1-c1ccc(C(N)=O)cn1. The van der Waals surface area contributed by atoms with E-state index in [1.54, 1.807) is 13.0 Å². The smallest absolute Gasteiger partial charge is 0.417 e. The predicted octanol–water partition coefficient (Wildman–Crippen LogP) is 3.75. The van der Waals surface area contributed by atoms with Crippen LogP contribution in [0.2, 0.25) is 5.02 Å². The summed E-state index contributed by atoms with van der Waals surface area (Å²) in [4.78, 5) is 23.6. The molecule has 0 bridgehead atoms. The second-order valence-corrected chi connectivity index (χ2v) is 6.89. The van der Waals surface area contributed by atoms with E-state index in [4.69, 9.17) is 21.8 Å². The van der Waals surface area contributed by atoms with Gasteiger partial charge in [0.25, 0.3) is 6.01 Å². The molecule has 0 unspecified atom stereocenters. The molecular weight excluding hydrogens is 439 g/mol. The fraction of sp³-hybridized carbons (Fsp3) is 0.167. The number of nitrogens with two attached hydrogens (primary N) is 1. The lowest BCUT2D eigenvalue weighted by molar-refractivity contribution is -0.137. The van der Waals surface area contributed by atoms with Gasteiger partial charge in [-0.25, -0.2) is 9.97 Å². The molecule has 0 spiro atoms. The van der Waals surface area contributed by atoms with Crippen LogP contribution in [0, 0.1) is 0 Å². The van der Waals surface area contributed by atoms with Crippen molar-refractivity contribution in [2.75, 3.05) is 5.32 Å². The van der Waals surface area contributed by atoms with Gasteiger partial charge in [0.15, 0.2) is 17.2 Å². The minimum absolute atomic E-state index is 0.00315. The first-order valence-corrected chi connectivity index (χ1v) is 9.11. The average molecular weight is 452 g/mol. The number of pyridine rings is 1. The number of oxazole rings is 1. The van der Waals surface area contributed by atoms with Gasteiger partial charge in [-0.05, 0) is 25.1 Å². The van der Waals surface area contributed by atoms with Crippen molar-refractivity contribution in [2.24, 2.45) is 5.73 Å². The van der Waals surface area contributed by atoms with Crippen LogP contribution in [0.4, 0.5) is 19.2 Å². The highest BCUT2D eigenvalue weighted by atomic mass is 35.5. The Morgan fingerprint density at radius 1 is 1.29 bits per heavy atom. The third kappa shape index (κ3) is 4.01. The molecule has 13 heteroatoms. The van der Waals surface area contributed by atoms with Crippen LogP contribution in [0.1, 0.15) is 34.7 Å². The van der Waals surface area contributed by atoms with E-state index >= 15 is 0 Å². The molecule has 0 aliphatic rings. The third-order valence-corrected chi connectivity index (χ3v) is 4.65. The van der Waals surface area contributed by atoms with Gasteiger partial charge in [0.05, 0.1) is 22.2 Å². The normalized spacial score (nSPS) is 12.8. The first-order valence-electron chi connectivity index (χ1n) is 8.73. The number of alkyl halides is 3. The number of hydrogen-bond acceptors (Lipinski definition) is 7. The van der Waals surface area contributed by atoms with Crippen LogP contribution < -0.4 is 11.1 Å². The largest absolute Gasteiger partial charge is 0.423 e. The highest BCUT2D eigenvalue weighted by molar-refractivity contribution is 6.32. The quantitative estimate of drug-likeness (QED) is 0.473. The number of fused-ring (bicyclic) bond motifs is 1. The van der Waals surface area contributed by atoms with E-state index < -0.39 is 28.7 Å². The van der Waals surface area contributed by atoms with Crippen LogP contribution in [0.25, 0.3) is 16.9 Å². The van der Waals surface area contributed by atoms with Gasteiger partial charge in [-0.1, -0.05) is 11.6 Å². The third-order valence-electron chi connectivity index (χ3n) is 4.33. The van der Waals surface area contributed by atoms with Crippen LogP contribution >= 0.6 is 11.6 Å². The number of carbonyl (C=O) groups excluding carboxylic acids is 1. The van der Waals surface area contributed by atoms with Gasteiger partial charge in [0.2, 0.25) is 5.91 Å². The van der Waals surface area contributed by atoms with E-state index in [0.717, 1.165) is 12.1 Å². The summed E-state index contributed by atoms with van der Waals surface area (Å²) in [6.07, 6.45) is -2.00. The topological polar surface area (TPSA) is 125 Å². The molecule has 0 aliphatic carbocycles. The van der Waals surface area contributed by atoms with Crippen molar-refractivity contribution < 1.29 is 22.4 Å². The molecule has 0 saturated carbocycles. The van der Waals surface area contributed by atoms with Gasteiger partial charge in [-0.15, -0.1) is 0 Å². The second kappa shape index (κ2) is 7.54. The maximum atomic E-state index is 13.0. The predicted molar refractivity (Wildman–Crippen MR) is 104 cm³/mol. The van der Waals surface area contributed by atoms with E-state index in [-0.39, 0.29) is 22.7 Å². The van der Waals surface area contributed by atoms with Crippen molar-refractivity contribution in [3.63, 3.8) is 0 Å². The Morgan fingerprint density at radius 2 is 2.06 bits per heavy atom. The summed E-state index contributed by atoms with van der Waals surface area (Å²) in [6, 6.07) is 4.39. The molecule has 1 amide bonds. The summed E-state index contributed by atoms with van der Waals surface area (Å²) >= 11 is 5.72. The number of primary amides is 1. The molecule has 4 rings (SSSR count). The van der Waals surface area contributed by atoms with E-state index in [1.165, 1.54) is 23.3 Å². The average Bonchev–Trinajstić information content (AvgIpc) is 3.33. The van der Waals surface area contributed by atoms with Crippen LogP contribution in [-0.2, 0) is 6.18 Å². The summed E-state index contributed by atoms with van der Waals surface area (Å²) < 4.78 is 46.0. The van der Waals surface area contributed by atoms with Gasteiger partial charge in [0, 0.05) is 12.3 Å². The van der Waals surface area contributed by atoms with E-state index in [1.807, 2.05) is 0 Å². The van der Waals surface area contributed by atoms with Crippen molar-refractivity contribution >= 4 is 34.6 Å². The van der Waals surface area contributed by atoms with Crippen LogP contribution in [-0.4, -0.2) is 30.6 Å². The molecule has 0 radical (unpaired) electrons. The minimum atomic E-state index is -4.61. The number of nitrogens with zero attached hydrogens (tertiary/aromatic N) is 5. The zero-order valence-electron chi connectivity index (χ0n) is 15.7. The van der Waals surface area contributed by atoms with Gasteiger partial charge < -0.3 is 15.5 Å². The Balaban J connectivity index is 1.61. The zero-order chi connectivity index (χ0) is 22.3. The lowest BCUT2D eigenvalue weighted by Gasteiger charge is -2.12. The fourth-order valence-corrected chi connectivity index (χ4v) is 3.12. The maximum Gasteiger partial charge on any atom is 0.417 e. The molecule has 3 N–H and O–H groups in total. The Labute approximate surface area is 177 Å². The second-order valence-electron chi connectivity index (χ2n) is 6.48. The molecule has 0 fully saturated rings. The molecule has 9 nitrogen and oxygen atoms in total. The molecule has 31 heavy (non-hydrogen) atoms. The monoisotopic (exact) mass is 451 g/mol. The molecule has 0 aliphatic heterocycles. The van der Waals surface area contributed by atoms with Gasteiger partial charge in [0.1, 0.15) is 11.8 Å². The molecule has 3 heterocycles. The Bertz CT molecular complexity index is 1270. The number of nitrogens with one attached hydrogen (secondary N) is 1. The lowest BCUT2D eigenvalue weighted by atomic mass is 10.2. The number of aromatic nitrogens is 5. The number of carbonyl (C=O) groups is 1. The number of hydrogen-bond donors (Lipinski definition) is 2. The number of halogens is 4. The van der Waals surface area contributed by atoms with Crippen LogP contribution in [0.15, 0.2) is 41.2 Å². The van der Waals surface area contributed by atoms with E-state index in [0.29, 0.717) is 11.6 Å². The molecular formula is C18H13ClF3N7O2. The standard InChI is InChI=1S/C18H13ClF3N7O2/c1-8(16-25-7-26-29(16)14-3-2-9(6-24-14)15(23)30)27-17-28-12-4-10(18(20,21)22)11(19)5-13(12)31-17/h2-8H,1H3,(H2,23,30)(H,27,28)/t8-/m0/s1. The Morgan fingerprint density at radius 3 is 2.71 bits per heavy atom. The molecule has 3 aromatic heterocycles. The van der Waals surface area contributed by atoms with E-state index in [9.17, 15) is 18.0 Å². The lowest BCUT2D eigenvalue weighted by Crippen LogP contribution is -2.15. The summed E-state index contributed by atoms with van der Waals surface area (Å²) in [7, 11) is 0. The Kier molecular flexibility index (Phi) is 5.01. The molecule has 4 aromatic rings. The van der Waals surface area contributed by atoms with Crippen molar-refractivity contribution in [2.45, 2.75) is 19.1 Å². The molecule has 1 atom stereocenters. The molecule has 0 saturated heterocycles. The maximum absolute atomic E-state index is 13.0. The molecule has 160 valence electrons. The van der Waals surface area contributed by atoms with Gasteiger partial charge in [-0.3, -0.25) is 4.79 Å². The van der Waals surface area contributed by atoms with Gasteiger partial charge >= 0.3 is 6.18 Å². The summed E-state index contributed by atoms with van der Waals surface area (Å²) in [5.74, 6) is 0.179. The summed E-state index contributed by atoms with van der Waals surface area (Å²) in [6.45, 7) is 1.72.